The number of hydrogen-bond donors (Lipinski definition) is 13. The quantitative estimate of drug-likeness (QED) is 0.0390. The lowest BCUT2D eigenvalue weighted by atomic mass is 9.33. The molecular formula is C58H92O26. The van der Waals surface area contributed by atoms with Gasteiger partial charge in [0.25, 0.3) is 0 Å². The Bertz CT molecular complexity index is 2390. The van der Waals surface area contributed by atoms with Gasteiger partial charge in [-0.05, 0) is 104 Å². The van der Waals surface area contributed by atoms with E-state index in [1.165, 1.54) is 13.8 Å². The minimum absolute atomic E-state index is 0.109. The van der Waals surface area contributed by atoms with Gasteiger partial charge in [-0.1, -0.05) is 53.2 Å². The Morgan fingerprint density at radius 3 is 1.69 bits per heavy atom. The van der Waals surface area contributed by atoms with Gasteiger partial charge in [0.1, 0.15) is 92.1 Å². The average Bonchev–Trinajstić information content (AvgIpc) is 0.697. The van der Waals surface area contributed by atoms with Crippen molar-refractivity contribution in [2.24, 2.45) is 50.2 Å². The number of ether oxygens (including phenoxy) is 10. The minimum Gasteiger partial charge on any atom is -0.465 e. The number of rotatable bonds is 14. The maximum absolute atomic E-state index is 15.9. The highest BCUT2D eigenvalue weighted by Gasteiger charge is 2.72. The predicted molar refractivity (Wildman–Crippen MR) is 283 cm³/mol. The number of aliphatic hydroxyl groups is 13. The zero-order valence-corrected chi connectivity index (χ0v) is 49.3. The summed E-state index contributed by atoms with van der Waals surface area (Å²) in [7, 11) is 0. The van der Waals surface area contributed by atoms with Crippen LogP contribution in [-0.4, -0.2) is 246 Å². The lowest BCUT2D eigenvalue weighted by molar-refractivity contribution is -0.387. The number of allylic oxidation sites excluding steroid dienone is 2. The van der Waals surface area contributed by atoms with Gasteiger partial charge >= 0.3 is 17.9 Å². The van der Waals surface area contributed by atoms with Gasteiger partial charge in [-0.3, -0.25) is 14.4 Å². The van der Waals surface area contributed by atoms with Gasteiger partial charge in [0.2, 0.25) is 6.29 Å². The third kappa shape index (κ3) is 11.2. The highest BCUT2D eigenvalue weighted by Crippen LogP contribution is 2.76. The topological polar surface area (TPSA) is 407 Å². The van der Waals surface area contributed by atoms with E-state index in [0.717, 1.165) is 12.5 Å². The number of fused-ring (bicyclic) bond motifs is 7. The Hall–Kier alpha value is -2.65. The third-order valence-electron chi connectivity index (χ3n) is 22.0. The van der Waals surface area contributed by atoms with Crippen LogP contribution in [0.25, 0.3) is 0 Å². The molecule has 5 aliphatic carbocycles. The molecule has 4 heterocycles. The molecule has 0 radical (unpaired) electrons. The molecule has 30 atom stereocenters. The zero-order valence-electron chi connectivity index (χ0n) is 49.3. The smallest absolute Gasteiger partial charge is 0.315 e. The summed E-state index contributed by atoms with van der Waals surface area (Å²) in [4.78, 5) is 40.8. The highest BCUT2D eigenvalue weighted by atomic mass is 16.8. The summed E-state index contributed by atoms with van der Waals surface area (Å²) in [6, 6.07) is 0. The number of aliphatic hydroxyl groups excluding tert-OH is 13. The van der Waals surface area contributed by atoms with Gasteiger partial charge in [0.15, 0.2) is 25.0 Å². The normalized spacial score (nSPS) is 51.8. The SMILES string of the molecule is CC(=O)OC[C@@H]1O[C@H](OC(=O)[C@]23CCC(C)(C)C[C@H]2C2=CC[C@H]4[C@@]5(C)C[C@@H](O)[C@H](O[C@H]6O[C@@H](CO)[C@H](O)[C@H](O)[C@@H]6O)[C@](C)(COC(C)=O)[C@@H]5CC[C@@]4(C)[C@]2(C)CC3)[C@@H](O[C@H]2O[C@H](C)[C@H](O)[C@@H](O)[C@H]2O)[C@H](O[C@H]2O[C@H](CO)[C@H](O)[C@H](O)[C@H]2O)[C@H]1O. The molecule has 4 saturated carbocycles. The van der Waals surface area contributed by atoms with E-state index in [1.807, 2.05) is 6.92 Å². The van der Waals surface area contributed by atoms with Crippen LogP contribution in [-0.2, 0) is 61.8 Å². The Morgan fingerprint density at radius 2 is 1.11 bits per heavy atom. The third-order valence-corrected chi connectivity index (χ3v) is 22.0. The van der Waals surface area contributed by atoms with E-state index in [9.17, 15) is 76.0 Å². The first-order chi connectivity index (χ1) is 39.2. The van der Waals surface area contributed by atoms with E-state index in [0.29, 0.717) is 51.4 Å². The Labute approximate surface area is 488 Å². The molecule has 26 nitrogen and oxygen atoms in total. The van der Waals surface area contributed by atoms with Crippen molar-refractivity contribution in [3.05, 3.63) is 11.6 Å². The van der Waals surface area contributed by atoms with Crippen LogP contribution in [0.4, 0.5) is 0 Å². The molecule has 0 aromatic carbocycles. The van der Waals surface area contributed by atoms with Crippen molar-refractivity contribution >= 4 is 17.9 Å². The molecule has 84 heavy (non-hydrogen) atoms. The maximum atomic E-state index is 15.9. The Morgan fingerprint density at radius 1 is 0.571 bits per heavy atom. The lowest BCUT2D eigenvalue weighted by Gasteiger charge is -2.71. The van der Waals surface area contributed by atoms with E-state index in [2.05, 4.69) is 40.7 Å². The number of esters is 3. The van der Waals surface area contributed by atoms with Gasteiger partial charge in [-0.25, -0.2) is 0 Å². The molecule has 8 fully saturated rings. The van der Waals surface area contributed by atoms with Crippen molar-refractivity contribution in [2.45, 2.75) is 255 Å². The van der Waals surface area contributed by atoms with Gasteiger partial charge < -0.3 is 114 Å². The molecular weight excluding hydrogens is 1110 g/mol. The van der Waals surface area contributed by atoms with Crippen LogP contribution in [0.3, 0.4) is 0 Å². The van der Waals surface area contributed by atoms with Crippen molar-refractivity contribution in [3.8, 4) is 0 Å². The molecule has 9 aliphatic rings. The van der Waals surface area contributed by atoms with Crippen molar-refractivity contribution in [1.29, 1.82) is 0 Å². The summed E-state index contributed by atoms with van der Waals surface area (Å²) >= 11 is 0. The molecule has 4 aliphatic heterocycles. The van der Waals surface area contributed by atoms with Gasteiger partial charge in [-0.2, -0.15) is 0 Å². The van der Waals surface area contributed by atoms with Crippen LogP contribution in [0.1, 0.15) is 120 Å². The Balaban J connectivity index is 1.06. The summed E-state index contributed by atoms with van der Waals surface area (Å²) in [6.07, 6.45) is -30.5. The molecule has 480 valence electrons. The van der Waals surface area contributed by atoms with Gasteiger partial charge in [-0.15, -0.1) is 0 Å². The fourth-order valence-electron chi connectivity index (χ4n) is 17.0. The van der Waals surface area contributed by atoms with Gasteiger partial charge in [0, 0.05) is 19.3 Å². The molecule has 4 saturated heterocycles. The van der Waals surface area contributed by atoms with E-state index >= 15 is 4.79 Å². The molecule has 0 aromatic rings. The molecule has 13 N–H and O–H groups in total. The second kappa shape index (κ2) is 24.3. The van der Waals surface area contributed by atoms with Crippen molar-refractivity contribution in [2.75, 3.05) is 26.4 Å². The molecule has 26 heteroatoms. The van der Waals surface area contributed by atoms with E-state index in [4.69, 9.17) is 47.4 Å². The number of carbonyl (C=O) groups is 3. The van der Waals surface area contributed by atoms with E-state index < -0.39 is 206 Å². The zero-order chi connectivity index (χ0) is 61.7. The molecule has 0 amide bonds. The first-order valence-corrected chi connectivity index (χ1v) is 29.7. The largest absolute Gasteiger partial charge is 0.465 e. The van der Waals surface area contributed by atoms with Crippen LogP contribution in [0.15, 0.2) is 11.6 Å². The summed E-state index contributed by atoms with van der Waals surface area (Å²) in [5.74, 6) is -2.88. The molecule has 9 rings (SSSR count). The first-order valence-electron chi connectivity index (χ1n) is 29.7. The summed E-state index contributed by atoms with van der Waals surface area (Å²) in [5.41, 5.74) is -3.28. The van der Waals surface area contributed by atoms with Crippen LogP contribution in [0.5, 0.6) is 0 Å². The molecule has 0 bridgehead atoms. The average molecular weight is 1210 g/mol. The summed E-state index contributed by atoms with van der Waals surface area (Å²) in [6.45, 7) is 14.3. The van der Waals surface area contributed by atoms with Crippen LogP contribution < -0.4 is 0 Å². The molecule has 0 aromatic heterocycles. The van der Waals surface area contributed by atoms with Crippen LogP contribution >= 0.6 is 0 Å². The number of hydrogen-bond acceptors (Lipinski definition) is 26. The van der Waals surface area contributed by atoms with E-state index in [1.54, 1.807) is 0 Å². The second-order valence-electron chi connectivity index (χ2n) is 27.5. The maximum Gasteiger partial charge on any atom is 0.315 e. The van der Waals surface area contributed by atoms with Crippen molar-refractivity contribution in [3.63, 3.8) is 0 Å². The van der Waals surface area contributed by atoms with E-state index in [-0.39, 0.29) is 30.3 Å². The predicted octanol–water partition coefficient (Wildman–Crippen LogP) is -1.92. The number of carbonyl (C=O) groups excluding carboxylic acids is 3. The molecule has 0 unspecified atom stereocenters. The van der Waals surface area contributed by atoms with Crippen LogP contribution in [0.2, 0.25) is 0 Å². The highest BCUT2D eigenvalue weighted by molar-refractivity contribution is 5.79. The van der Waals surface area contributed by atoms with Crippen molar-refractivity contribution < 1.29 is 128 Å². The lowest BCUT2D eigenvalue weighted by Crippen LogP contribution is -2.70. The first kappa shape index (κ1) is 65.8. The fraction of sp³-hybridized carbons (Fsp3) is 0.914. The standard InChI is InChI=1S/C58H92O26/c1-24-35(64)39(68)42(71)48(77-24)82-46-45(81-49-43(72)40(69)36(65)30(20-59)78-49)38(67)32(22-75-25(2)61)80-51(46)84-52(74)58-16-14-53(4,5)18-28(58)27-10-11-34-54(6)19-29(63)47(83-50-44(73)41(70)37(66)31(21-60)79-50)55(7,23-76-26(3)62)33(54)12-13-57(34,9)56(27,8)15-17-58/h10,24,28-51,59-60,63-73H,11-23H2,1-9H3/t24-,28+,29-,30-,31+,32+,33-,34+,35+,36+,37+,38+,39-,40+,41+,42-,43-,44+,45-,46+,47+,48-,49-,50-,51-,54+,55-,56-,57-,58+/m1/s1. The monoisotopic (exact) mass is 1200 g/mol. The molecule has 0 spiro atoms. The second-order valence-corrected chi connectivity index (χ2v) is 27.5. The van der Waals surface area contributed by atoms with Gasteiger partial charge in [0.05, 0.1) is 43.5 Å². The Kier molecular flexibility index (Phi) is 19.0. The summed E-state index contributed by atoms with van der Waals surface area (Å²) < 4.78 is 60.3. The van der Waals surface area contributed by atoms with Crippen LogP contribution in [0, 0.1) is 50.2 Å². The fourth-order valence-corrected chi connectivity index (χ4v) is 17.0. The minimum atomic E-state index is -2.02. The summed E-state index contributed by atoms with van der Waals surface area (Å²) in [5, 5.41) is 142. The van der Waals surface area contributed by atoms with Crippen molar-refractivity contribution in [1.82, 2.24) is 0 Å².